The van der Waals surface area contributed by atoms with Crippen molar-refractivity contribution in [3.63, 3.8) is 0 Å². The number of hydrogen-bond donors (Lipinski definition) is 2. The van der Waals surface area contributed by atoms with E-state index in [-0.39, 0.29) is 29.4 Å². The molecule has 1 amide bonds. The smallest absolute Gasteiger partial charge is 0.329 e. The highest BCUT2D eigenvalue weighted by molar-refractivity contribution is 5.78. The second-order valence-corrected chi connectivity index (χ2v) is 5.41. The zero-order valence-electron chi connectivity index (χ0n) is 11.4. The zero-order chi connectivity index (χ0) is 15.0. The largest absolute Gasteiger partial charge is 0.369 e. The van der Waals surface area contributed by atoms with Crippen LogP contribution in [0.5, 0.6) is 0 Å². The SMILES string of the molecule is NC(=O)C1CCN(c2ncc([N+](=O)[O-])c(NC3CC3)n2)C1. The second kappa shape index (κ2) is 5.15. The maximum atomic E-state index is 11.2. The van der Waals surface area contributed by atoms with Gasteiger partial charge in [0.2, 0.25) is 17.7 Å². The molecular formula is C12H16N6O3. The number of amides is 1. The Kier molecular flexibility index (Phi) is 3.32. The van der Waals surface area contributed by atoms with Crippen molar-refractivity contribution in [1.82, 2.24) is 9.97 Å². The van der Waals surface area contributed by atoms with E-state index in [1.54, 1.807) is 0 Å². The molecule has 1 aliphatic carbocycles. The van der Waals surface area contributed by atoms with Crippen LogP contribution in [0.25, 0.3) is 0 Å². The van der Waals surface area contributed by atoms with E-state index in [1.807, 2.05) is 4.90 Å². The van der Waals surface area contributed by atoms with Gasteiger partial charge in [0, 0.05) is 19.1 Å². The quantitative estimate of drug-likeness (QED) is 0.589. The molecule has 112 valence electrons. The van der Waals surface area contributed by atoms with E-state index in [0.29, 0.717) is 25.5 Å². The minimum Gasteiger partial charge on any atom is -0.369 e. The van der Waals surface area contributed by atoms with Crippen LogP contribution < -0.4 is 16.0 Å². The Bertz CT molecular complexity index is 588. The molecule has 0 spiro atoms. The summed E-state index contributed by atoms with van der Waals surface area (Å²) >= 11 is 0. The fourth-order valence-electron chi connectivity index (χ4n) is 2.35. The molecule has 1 saturated heterocycles. The fraction of sp³-hybridized carbons (Fsp3) is 0.583. The molecule has 1 saturated carbocycles. The summed E-state index contributed by atoms with van der Waals surface area (Å²) in [5.41, 5.74) is 5.17. The molecular weight excluding hydrogens is 276 g/mol. The van der Waals surface area contributed by atoms with Crippen LogP contribution in [-0.2, 0) is 4.79 Å². The lowest BCUT2D eigenvalue weighted by atomic mass is 10.1. The van der Waals surface area contributed by atoms with Crippen LogP contribution in [0.2, 0.25) is 0 Å². The molecule has 1 aromatic heterocycles. The summed E-state index contributed by atoms with van der Waals surface area (Å²) < 4.78 is 0. The Balaban J connectivity index is 1.82. The predicted octanol–water partition coefficient (Wildman–Crippen LogP) is 0.271. The first-order valence-corrected chi connectivity index (χ1v) is 6.87. The summed E-state index contributed by atoms with van der Waals surface area (Å²) in [4.78, 5) is 31.8. The molecule has 1 aliphatic heterocycles. The molecule has 2 heterocycles. The minimum atomic E-state index is -0.495. The number of carbonyl (C=O) groups excluding carboxylic acids is 1. The van der Waals surface area contributed by atoms with Crippen LogP contribution in [-0.4, -0.2) is 39.9 Å². The van der Waals surface area contributed by atoms with Crippen molar-refractivity contribution in [3.05, 3.63) is 16.3 Å². The van der Waals surface area contributed by atoms with Gasteiger partial charge in [-0.1, -0.05) is 0 Å². The number of nitrogens with zero attached hydrogens (tertiary/aromatic N) is 4. The number of aromatic nitrogens is 2. The Labute approximate surface area is 120 Å². The van der Waals surface area contributed by atoms with Gasteiger partial charge in [-0.3, -0.25) is 14.9 Å². The summed E-state index contributed by atoms with van der Waals surface area (Å²) in [5, 5.41) is 14.1. The number of nitrogens with two attached hydrogens (primary N) is 1. The number of carbonyl (C=O) groups is 1. The molecule has 21 heavy (non-hydrogen) atoms. The highest BCUT2D eigenvalue weighted by atomic mass is 16.6. The topological polar surface area (TPSA) is 127 Å². The molecule has 9 heteroatoms. The molecule has 1 unspecified atom stereocenters. The first kappa shape index (κ1) is 13.5. The maximum absolute atomic E-state index is 11.2. The van der Waals surface area contributed by atoms with Crippen LogP contribution >= 0.6 is 0 Å². The summed E-state index contributed by atoms with van der Waals surface area (Å²) in [6.45, 7) is 1.07. The van der Waals surface area contributed by atoms with Gasteiger partial charge in [0.25, 0.3) is 0 Å². The van der Waals surface area contributed by atoms with Gasteiger partial charge in [-0.25, -0.2) is 4.98 Å². The van der Waals surface area contributed by atoms with Crippen molar-refractivity contribution in [3.8, 4) is 0 Å². The van der Waals surface area contributed by atoms with Crippen LogP contribution in [0, 0.1) is 16.0 Å². The van der Waals surface area contributed by atoms with Crippen LogP contribution in [0.1, 0.15) is 19.3 Å². The average molecular weight is 292 g/mol. The third kappa shape index (κ3) is 2.86. The van der Waals surface area contributed by atoms with E-state index in [9.17, 15) is 14.9 Å². The second-order valence-electron chi connectivity index (χ2n) is 5.41. The maximum Gasteiger partial charge on any atom is 0.329 e. The first-order valence-electron chi connectivity index (χ1n) is 6.87. The highest BCUT2D eigenvalue weighted by Gasteiger charge is 2.31. The van der Waals surface area contributed by atoms with Gasteiger partial charge in [-0.05, 0) is 19.3 Å². The van der Waals surface area contributed by atoms with Crippen molar-refractivity contribution in [2.75, 3.05) is 23.3 Å². The fourth-order valence-corrected chi connectivity index (χ4v) is 2.35. The van der Waals surface area contributed by atoms with Gasteiger partial charge < -0.3 is 16.0 Å². The van der Waals surface area contributed by atoms with Gasteiger partial charge >= 0.3 is 5.69 Å². The normalized spacial score (nSPS) is 21.3. The Morgan fingerprint density at radius 3 is 2.81 bits per heavy atom. The minimum absolute atomic E-state index is 0.128. The highest BCUT2D eigenvalue weighted by Crippen LogP contribution is 2.31. The third-order valence-corrected chi connectivity index (χ3v) is 3.75. The lowest BCUT2D eigenvalue weighted by Gasteiger charge is -2.16. The van der Waals surface area contributed by atoms with Gasteiger partial charge in [0.1, 0.15) is 6.20 Å². The van der Waals surface area contributed by atoms with E-state index in [0.717, 1.165) is 12.8 Å². The van der Waals surface area contributed by atoms with Gasteiger partial charge in [-0.15, -0.1) is 0 Å². The molecule has 2 aliphatic rings. The van der Waals surface area contributed by atoms with Crippen molar-refractivity contribution in [2.24, 2.45) is 11.7 Å². The molecule has 2 fully saturated rings. The zero-order valence-corrected chi connectivity index (χ0v) is 11.4. The van der Waals surface area contributed by atoms with E-state index in [2.05, 4.69) is 15.3 Å². The molecule has 0 radical (unpaired) electrons. The summed E-state index contributed by atoms with van der Waals surface area (Å²) in [5.74, 6) is 0.0851. The number of primary amides is 1. The van der Waals surface area contributed by atoms with Gasteiger partial charge in [-0.2, -0.15) is 4.98 Å². The summed E-state index contributed by atoms with van der Waals surface area (Å²) in [6.07, 6.45) is 3.85. The average Bonchev–Trinajstić information content (AvgIpc) is 3.11. The molecule has 9 nitrogen and oxygen atoms in total. The number of nitro groups is 1. The molecule has 0 bridgehead atoms. The van der Waals surface area contributed by atoms with E-state index < -0.39 is 4.92 Å². The molecule has 3 N–H and O–H groups in total. The van der Waals surface area contributed by atoms with E-state index in [1.165, 1.54) is 6.20 Å². The monoisotopic (exact) mass is 292 g/mol. The van der Waals surface area contributed by atoms with E-state index >= 15 is 0 Å². The van der Waals surface area contributed by atoms with Crippen LogP contribution in [0.15, 0.2) is 6.20 Å². The van der Waals surface area contributed by atoms with Gasteiger partial charge in [0.05, 0.1) is 10.8 Å². The third-order valence-electron chi connectivity index (χ3n) is 3.75. The first-order chi connectivity index (χ1) is 10.0. The van der Waals surface area contributed by atoms with Crippen molar-refractivity contribution in [1.29, 1.82) is 0 Å². The number of anilines is 2. The Morgan fingerprint density at radius 2 is 2.24 bits per heavy atom. The van der Waals surface area contributed by atoms with Crippen LogP contribution in [0.3, 0.4) is 0 Å². The lowest BCUT2D eigenvalue weighted by molar-refractivity contribution is -0.384. The molecule has 3 rings (SSSR count). The summed E-state index contributed by atoms with van der Waals surface area (Å²) in [7, 11) is 0. The van der Waals surface area contributed by atoms with Crippen molar-refractivity contribution < 1.29 is 9.72 Å². The number of hydrogen-bond acceptors (Lipinski definition) is 7. The van der Waals surface area contributed by atoms with Crippen molar-refractivity contribution in [2.45, 2.75) is 25.3 Å². The number of nitrogens with one attached hydrogen (secondary N) is 1. The molecule has 1 atom stereocenters. The standard InChI is InChI=1S/C12H16N6O3/c13-10(19)7-3-4-17(6-7)12-14-5-9(18(20)21)11(16-12)15-8-1-2-8/h5,7-8H,1-4,6H2,(H2,13,19)(H,14,15,16). The Morgan fingerprint density at radius 1 is 1.48 bits per heavy atom. The number of rotatable bonds is 5. The van der Waals surface area contributed by atoms with Crippen LogP contribution in [0.4, 0.5) is 17.5 Å². The lowest BCUT2D eigenvalue weighted by Crippen LogP contribution is -2.28. The molecule has 0 aromatic carbocycles. The Hall–Kier alpha value is -2.45. The summed E-state index contributed by atoms with van der Waals surface area (Å²) in [6, 6.07) is 0.253. The molecule has 1 aromatic rings. The van der Waals surface area contributed by atoms with Gasteiger partial charge in [0.15, 0.2) is 0 Å². The van der Waals surface area contributed by atoms with Crippen molar-refractivity contribution >= 4 is 23.4 Å². The predicted molar refractivity (Wildman–Crippen MR) is 74.8 cm³/mol. The van der Waals surface area contributed by atoms with E-state index in [4.69, 9.17) is 5.73 Å².